The molecule has 3 heterocycles. The van der Waals surface area contributed by atoms with Gasteiger partial charge in [0.15, 0.2) is 0 Å². The third-order valence-electron chi connectivity index (χ3n) is 12.5. The number of likely N-dealkylation sites (tertiary alicyclic amines) is 2. The van der Waals surface area contributed by atoms with E-state index in [9.17, 15) is 38.4 Å². The van der Waals surface area contributed by atoms with Crippen LogP contribution in [0.4, 0.5) is 0 Å². The largest absolute Gasteiger partial charge is 0.467 e. The molecule has 0 aromatic carbocycles. The van der Waals surface area contributed by atoms with Crippen molar-refractivity contribution in [3.05, 3.63) is 0 Å². The number of nitrogens with zero attached hydrogens (tertiary/aromatic N) is 4. The summed E-state index contributed by atoms with van der Waals surface area (Å²) in [4.78, 5) is 111. The summed E-state index contributed by atoms with van der Waals surface area (Å²) < 4.78 is 9.95. The predicted molar refractivity (Wildman–Crippen MR) is 200 cm³/mol. The highest BCUT2D eigenvalue weighted by atomic mass is 16.5. The lowest BCUT2D eigenvalue weighted by atomic mass is 9.81. The Labute approximate surface area is 328 Å². The average molecular weight is 789 g/mol. The molecule has 2 saturated carbocycles. The summed E-state index contributed by atoms with van der Waals surface area (Å²) >= 11 is 0. The zero-order chi connectivity index (χ0) is 40.5. The van der Waals surface area contributed by atoms with Gasteiger partial charge in [0, 0.05) is 75.8 Å². The van der Waals surface area contributed by atoms with Crippen LogP contribution in [0.3, 0.4) is 0 Å². The fourth-order valence-corrected chi connectivity index (χ4v) is 9.10. The van der Waals surface area contributed by atoms with Crippen LogP contribution >= 0.6 is 0 Å². The summed E-state index contributed by atoms with van der Waals surface area (Å²) in [6.45, 7) is 0.737. The van der Waals surface area contributed by atoms with Crippen LogP contribution in [0.5, 0.6) is 0 Å². The summed E-state index contributed by atoms with van der Waals surface area (Å²) in [5.41, 5.74) is 11.6. The molecule has 6 N–H and O–H groups in total. The first-order valence-electron chi connectivity index (χ1n) is 20.2. The van der Waals surface area contributed by atoms with E-state index in [0.717, 1.165) is 25.7 Å². The molecule has 18 heteroatoms. The van der Waals surface area contributed by atoms with Crippen LogP contribution in [-0.2, 0) is 47.8 Å². The molecule has 0 aromatic rings. The Kier molecular flexibility index (Phi) is 15.1. The lowest BCUT2D eigenvalue weighted by Crippen LogP contribution is -2.50. The highest BCUT2D eigenvalue weighted by molar-refractivity contribution is 5.90. The third-order valence-corrected chi connectivity index (χ3v) is 12.5. The minimum atomic E-state index is -0.829. The summed E-state index contributed by atoms with van der Waals surface area (Å²) in [5, 5.41) is 5.73. The third kappa shape index (κ3) is 10.5. The van der Waals surface area contributed by atoms with E-state index in [1.54, 1.807) is 0 Å². The van der Waals surface area contributed by atoms with Crippen molar-refractivity contribution in [2.45, 2.75) is 101 Å². The van der Waals surface area contributed by atoms with Crippen molar-refractivity contribution in [1.82, 2.24) is 30.2 Å². The van der Waals surface area contributed by atoms with Crippen molar-refractivity contribution in [3.8, 4) is 0 Å². The van der Waals surface area contributed by atoms with Crippen molar-refractivity contribution in [3.63, 3.8) is 0 Å². The highest BCUT2D eigenvalue weighted by Crippen LogP contribution is 2.33. The number of nitrogens with one attached hydrogen (secondary N) is 2. The number of carbonyl (C=O) groups excluding carboxylic acids is 8. The standard InChI is InChI=1S/C38H60N8O10/c1-55-37(53)29-15-27(19-45(29)35(51)25-7-3-23(17-39)4-8-25)41-31(47)21-43-13-11-34(50)44(14-12-33(43)49)22-32(48)42-28-16-30(38(54)56-2)46(20-28)36(52)26-9-5-24(18-40)6-10-26/h23-30H,3-22,39-40H2,1-2H3,(H,41,47)(H,42,48). The zero-order valence-corrected chi connectivity index (χ0v) is 32.8. The Morgan fingerprint density at radius 2 is 0.964 bits per heavy atom. The second-order valence-corrected chi connectivity index (χ2v) is 16.1. The Morgan fingerprint density at radius 3 is 1.29 bits per heavy atom. The topological polar surface area (TPSA) is 244 Å². The van der Waals surface area contributed by atoms with E-state index in [4.69, 9.17) is 20.9 Å². The SMILES string of the molecule is COC(=O)C1CC(NC(=O)CN2CCC(=O)N(CC(=O)NC3CC(C(=O)OC)N(C(=O)C4CCC(CN)CC4)C3)CCC2=O)CN1C(=O)C1CCC(CN)CC1. The fourth-order valence-electron chi connectivity index (χ4n) is 9.10. The molecule has 0 aromatic heterocycles. The molecule has 18 nitrogen and oxygen atoms in total. The molecule has 5 fully saturated rings. The number of hydrogen-bond acceptors (Lipinski definition) is 12. The van der Waals surface area contributed by atoms with Crippen molar-refractivity contribution in [1.29, 1.82) is 0 Å². The second kappa shape index (κ2) is 19.7. The van der Waals surface area contributed by atoms with Gasteiger partial charge in [0.05, 0.1) is 27.3 Å². The summed E-state index contributed by atoms with van der Waals surface area (Å²) in [6, 6.07) is -2.71. The van der Waals surface area contributed by atoms with Gasteiger partial charge in [-0.3, -0.25) is 28.8 Å². The van der Waals surface area contributed by atoms with E-state index in [1.807, 2.05) is 0 Å². The van der Waals surface area contributed by atoms with Crippen molar-refractivity contribution in [2.24, 2.45) is 35.1 Å². The van der Waals surface area contributed by atoms with Crippen LogP contribution in [0.1, 0.15) is 77.0 Å². The highest BCUT2D eigenvalue weighted by Gasteiger charge is 2.45. The number of rotatable bonds is 12. The molecule has 3 aliphatic heterocycles. The molecular weight excluding hydrogens is 728 g/mol. The summed E-state index contributed by atoms with van der Waals surface area (Å²) in [5.74, 6) is -2.74. The maximum atomic E-state index is 13.5. The van der Waals surface area contributed by atoms with Crippen molar-refractivity contribution in [2.75, 3.05) is 66.6 Å². The van der Waals surface area contributed by atoms with Crippen LogP contribution in [0.25, 0.3) is 0 Å². The minimum absolute atomic E-state index is 0.0392. The quantitative estimate of drug-likeness (QED) is 0.165. The van der Waals surface area contributed by atoms with Crippen molar-refractivity contribution < 1.29 is 47.8 Å². The lowest BCUT2D eigenvalue weighted by molar-refractivity contribution is -0.152. The van der Waals surface area contributed by atoms with E-state index in [2.05, 4.69) is 10.6 Å². The molecule has 0 radical (unpaired) electrons. The summed E-state index contributed by atoms with van der Waals surface area (Å²) in [6.07, 6.45) is 6.28. The molecule has 5 aliphatic rings. The number of ether oxygens (including phenoxy) is 2. The monoisotopic (exact) mass is 788 g/mol. The van der Waals surface area contributed by atoms with E-state index < -0.39 is 47.9 Å². The number of methoxy groups -OCH3 is 2. The molecule has 4 unspecified atom stereocenters. The van der Waals surface area contributed by atoms with E-state index in [-0.39, 0.29) is 100 Å². The molecule has 2 aliphatic carbocycles. The molecular formula is C38H60N8O10. The number of nitrogens with two attached hydrogens (primary N) is 2. The first kappa shape index (κ1) is 42.8. The first-order valence-corrected chi connectivity index (χ1v) is 20.2. The molecule has 5 rings (SSSR count). The van der Waals surface area contributed by atoms with Gasteiger partial charge in [0.1, 0.15) is 12.1 Å². The minimum Gasteiger partial charge on any atom is -0.467 e. The maximum Gasteiger partial charge on any atom is 0.328 e. The lowest BCUT2D eigenvalue weighted by Gasteiger charge is -2.32. The Bertz CT molecular complexity index is 1370. The van der Waals surface area contributed by atoms with Gasteiger partial charge < -0.3 is 51.2 Å². The Morgan fingerprint density at radius 1 is 0.607 bits per heavy atom. The average Bonchev–Trinajstić information content (AvgIpc) is 3.83. The molecule has 4 atom stereocenters. The van der Waals surface area contributed by atoms with Gasteiger partial charge in [-0.2, -0.15) is 0 Å². The van der Waals surface area contributed by atoms with Crippen LogP contribution < -0.4 is 22.1 Å². The normalized spacial score (nSPS) is 30.0. The van der Waals surface area contributed by atoms with Crippen LogP contribution in [-0.4, -0.2) is 158 Å². The Hall–Kier alpha value is -4.32. The predicted octanol–water partition coefficient (Wildman–Crippen LogP) is -1.51. The second-order valence-electron chi connectivity index (χ2n) is 16.1. The number of esters is 2. The van der Waals surface area contributed by atoms with Gasteiger partial charge in [0.25, 0.3) is 0 Å². The molecule has 3 saturated heterocycles. The van der Waals surface area contributed by atoms with Crippen LogP contribution in [0.2, 0.25) is 0 Å². The number of carbonyl (C=O) groups is 8. The molecule has 0 spiro atoms. The fraction of sp³-hybridized carbons (Fsp3) is 0.789. The van der Waals surface area contributed by atoms with Crippen LogP contribution in [0.15, 0.2) is 0 Å². The number of amides is 6. The summed E-state index contributed by atoms with van der Waals surface area (Å²) in [7, 11) is 2.52. The van der Waals surface area contributed by atoms with E-state index in [0.29, 0.717) is 50.6 Å². The van der Waals surface area contributed by atoms with Crippen LogP contribution in [0, 0.1) is 23.7 Å². The van der Waals surface area contributed by atoms with E-state index >= 15 is 0 Å². The van der Waals surface area contributed by atoms with Gasteiger partial charge in [-0.15, -0.1) is 0 Å². The molecule has 0 bridgehead atoms. The first-order chi connectivity index (χ1) is 26.8. The zero-order valence-electron chi connectivity index (χ0n) is 32.8. The molecule has 56 heavy (non-hydrogen) atoms. The maximum absolute atomic E-state index is 13.5. The van der Waals surface area contributed by atoms with Gasteiger partial charge in [-0.05, 0) is 76.3 Å². The Balaban J connectivity index is 1.09. The van der Waals surface area contributed by atoms with Gasteiger partial charge >= 0.3 is 11.9 Å². The smallest absolute Gasteiger partial charge is 0.328 e. The van der Waals surface area contributed by atoms with Gasteiger partial charge in [-0.25, -0.2) is 9.59 Å². The molecule has 312 valence electrons. The number of hydrogen-bond donors (Lipinski definition) is 4. The van der Waals surface area contributed by atoms with Gasteiger partial charge in [-0.1, -0.05) is 0 Å². The van der Waals surface area contributed by atoms with E-state index in [1.165, 1.54) is 33.8 Å². The van der Waals surface area contributed by atoms with Crippen molar-refractivity contribution >= 4 is 47.4 Å². The van der Waals surface area contributed by atoms with Gasteiger partial charge in [0.2, 0.25) is 35.4 Å². The molecule has 6 amide bonds.